The monoisotopic (exact) mass is 231 g/mol. The number of hydrogen-bond donors (Lipinski definition) is 1. The Morgan fingerprint density at radius 3 is 3.00 bits per heavy atom. The standard InChI is InChI=1S/C11H13N5O/c1-2-16-10(14-7-15-16)6-9(17)11-8(12)4-3-5-13-11/h3-5,7H,2,6,12H2,1H3. The second-order valence-corrected chi connectivity index (χ2v) is 3.53. The lowest BCUT2D eigenvalue weighted by Gasteiger charge is -2.04. The third kappa shape index (κ3) is 2.30. The highest BCUT2D eigenvalue weighted by Gasteiger charge is 2.14. The Bertz CT molecular complexity index is 534. The molecule has 6 heteroatoms. The first-order chi connectivity index (χ1) is 8.22. The zero-order chi connectivity index (χ0) is 12.3. The van der Waals surface area contributed by atoms with Gasteiger partial charge in [-0.3, -0.25) is 9.78 Å². The molecule has 88 valence electrons. The highest BCUT2D eigenvalue weighted by atomic mass is 16.1. The summed E-state index contributed by atoms with van der Waals surface area (Å²) >= 11 is 0. The summed E-state index contributed by atoms with van der Waals surface area (Å²) in [4.78, 5) is 20.0. The van der Waals surface area contributed by atoms with Crippen LogP contribution < -0.4 is 5.73 Å². The summed E-state index contributed by atoms with van der Waals surface area (Å²) in [5.74, 6) is 0.480. The van der Waals surface area contributed by atoms with E-state index in [1.165, 1.54) is 6.33 Å². The average molecular weight is 231 g/mol. The van der Waals surface area contributed by atoms with Gasteiger partial charge in [-0.25, -0.2) is 9.67 Å². The molecule has 6 nitrogen and oxygen atoms in total. The summed E-state index contributed by atoms with van der Waals surface area (Å²) in [6.45, 7) is 2.62. The summed E-state index contributed by atoms with van der Waals surface area (Å²) in [5.41, 5.74) is 6.37. The van der Waals surface area contributed by atoms with Gasteiger partial charge in [0.1, 0.15) is 17.8 Å². The van der Waals surface area contributed by atoms with Gasteiger partial charge in [0, 0.05) is 12.7 Å². The van der Waals surface area contributed by atoms with Crippen LogP contribution in [0.25, 0.3) is 0 Å². The van der Waals surface area contributed by atoms with Gasteiger partial charge in [-0.1, -0.05) is 0 Å². The molecule has 0 unspecified atom stereocenters. The van der Waals surface area contributed by atoms with Crippen LogP contribution in [0.15, 0.2) is 24.7 Å². The zero-order valence-electron chi connectivity index (χ0n) is 9.50. The number of nitrogens with zero attached hydrogens (tertiary/aromatic N) is 4. The van der Waals surface area contributed by atoms with Gasteiger partial charge in [0.05, 0.1) is 12.1 Å². The first kappa shape index (κ1) is 11.3. The van der Waals surface area contributed by atoms with E-state index >= 15 is 0 Å². The first-order valence-electron chi connectivity index (χ1n) is 5.32. The summed E-state index contributed by atoms with van der Waals surface area (Å²) < 4.78 is 1.68. The maximum absolute atomic E-state index is 12.0. The van der Waals surface area contributed by atoms with Crippen molar-refractivity contribution in [3.05, 3.63) is 36.2 Å². The molecule has 2 aromatic heterocycles. The fourth-order valence-corrected chi connectivity index (χ4v) is 1.57. The van der Waals surface area contributed by atoms with Gasteiger partial charge >= 0.3 is 0 Å². The van der Waals surface area contributed by atoms with Crippen LogP contribution >= 0.6 is 0 Å². The minimum atomic E-state index is -0.147. The maximum Gasteiger partial charge on any atom is 0.190 e. The summed E-state index contributed by atoms with van der Waals surface area (Å²) in [5, 5.41) is 4.01. The molecule has 0 aliphatic heterocycles. The number of rotatable bonds is 4. The molecule has 0 atom stereocenters. The van der Waals surface area contributed by atoms with Crippen molar-refractivity contribution in [3.8, 4) is 0 Å². The van der Waals surface area contributed by atoms with Crippen molar-refractivity contribution in [3.63, 3.8) is 0 Å². The van der Waals surface area contributed by atoms with Crippen molar-refractivity contribution >= 4 is 11.5 Å². The van der Waals surface area contributed by atoms with Crippen LogP contribution in [-0.2, 0) is 13.0 Å². The number of aromatic nitrogens is 4. The van der Waals surface area contributed by atoms with E-state index in [4.69, 9.17) is 5.73 Å². The van der Waals surface area contributed by atoms with Gasteiger partial charge < -0.3 is 5.73 Å². The number of hydrogen-bond acceptors (Lipinski definition) is 5. The minimum absolute atomic E-state index is 0.147. The molecule has 0 radical (unpaired) electrons. The Morgan fingerprint density at radius 1 is 1.47 bits per heavy atom. The average Bonchev–Trinajstić information content (AvgIpc) is 2.76. The van der Waals surface area contributed by atoms with Gasteiger partial charge in [-0.05, 0) is 19.1 Å². The van der Waals surface area contributed by atoms with Crippen LogP contribution in [0.2, 0.25) is 0 Å². The second-order valence-electron chi connectivity index (χ2n) is 3.53. The molecule has 0 aliphatic carbocycles. The number of carbonyl (C=O) groups is 1. The summed E-state index contributed by atoms with van der Waals surface area (Å²) in [6.07, 6.45) is 3.15. The second kappa shape index (κ2) is 4.73. The number of aryl methyl sites for hydroxylation is 1. The number of nitrogens with two attached hydrogens (primary N) is 1. The van der Waals surface area contributed by atoms with Crippen LogP contribution in [0.4, 0.5) is 5.69 Å². The molecule has 0 bridgehead atoms. The van der Waals surface area contributed by atoms with Crippen molar-refractivity contribution in [2.75, 3.05) is 5.73 Å². The van der Waals surface area contributed by atoms with Crippen molar-refractivity contribution in [1.82, 2.24) is 19.7 Å². The maximum atomic E-state index is 12.0. The fourth-order valence-electron chi connectivity index (χ4n) is 1.57. The zero-order valence-corrected chi connectivity index (χ0v) is 9.50. The number of pyridine rings is 1. The van der Waals surface area contributed by atoms with Crippen LogP contribution in [0.3, 0.4) is 0 Å². The first-order valence-corrected chi connectivity index (χ1v) is 5.32. The van der Waals surface area contributed by atoms with Crippen LogP contribution in [-0.4, -0.2) is 25.5 Å². The van der Waals surface area contributed by atoms with Gasteiger partial charge in [-0.2, -0.15) is 5.10 Å². The van der Waals surface area contributed by atoms with E-state index in [-0.39, 0.29) is 17.9 Å². The number of ketones is 1. The van der Waals surface area contributed by atoms with E-state index in [0.29, 0.717) is 18.1 Å². The number of carbonyl (C=O) groups excluding carboxylic acids is 1. The topological polar surface area (TPSA) is 86.7 Å². The largest absolute Gasteiger partial charge is 0.397 e. The molecule has 0 saturated carbocycles. The van der Waals surface area contributed by atoms with Gasteiger partial charge in [0.2, 0.25) is 0 Å². The smallest absolute Gasteiger partial charge is 0.190 e. The third-order valence-corrected chi connectivity index (χ3v) is 2.42. The van der Waals surface area contributed by atoms with E-state index in [1.54, 1.807) is 23.0 Å². The van der Waals surface area contributed by atoms with Crippen molar-refractivity contribution in [2.45, 2.75) is 19.9 Å². The number of Topliss-reactive ketones (excluding diaryl/α,β-unsaturated/α-hetero) is 1. The molecule has 2 heterocycles. The molecular weight excluding hydrogens is 218 g/mol. The highest BCUT2D eigenvalue weighted by molar-refractivity contribution is 5.99. The van der Waals surface area contributed by atoms with Crippen molar-refractivity contribution in [1.29, 1.82) is 0 Å². The SMILES string of the molecule is CCn1ncnc1CC(=O)c1ncccc1N. The molecule has 0 amide bonds. The van der Waals surface area contributed by atoms with Gasteiger partial charge in [-0.15, -0.1) is 0 Å². The Morgan fingerprint density at radius 2 is 2.29 bits per heavy atom. The molecule has 0 aromatic carbocycles. The molecule has 0 spiro atoms. The molecule has 2 rings (SSSR count). The van der Waals surface area contributed by atoms with Gasteiger partial charge in [0.15, 0.2) is 5.78 Å². The third-order valence-electron chi connectivity index (χ3n) is 2.42. The number of anilines is 1. The highest BCUT2D eigenvalue weighted by Crippen LogP contribution is 2.10. The lowest BCUT2D eigenvalue weighted by atomic mass is 10.1. The summed E-state index contributed by atoms with van der Waals surface area (Å²) in [7, 11) is 0. The van der Waals surface area contributed by atoms with Crippen LogP contribution in [0.5, 0.6) is 0 Å². The minimum Gasteiger partial charge on any atom is -0.397 e. The predicted octanol–water partition coefficient (Wildman–Crippen LogP) is 0.701. The van der Waals surface area contributed by atoms with E-state index < -0.39 is 0 Å². The van der Waals surface area contributed by atoms with Crippen LogP contribution in [0.1, 0.15) is 23.2 Å². The van der Waals surface area contributed by atoms with E-state index in [1.807, 2.05) is 6.92 Å². The Labute approximate surface area is 98.5 Å². The molecule has 0 saturated heterocycles. The Balaban J connectivity index is 2.20. The van der Waals surface area contributed by atoms with E-state index in [2.05, 4.69) is 15.1 Å². The normalized spacial score (nSPS) is 10.4. The Kier molecular flexibility index (Phi) is 3.13. The van der Waals surface area contributed by atoms with Crippen molar-refractivity contribution < 1.29 is 4.79 Å². The number of nitrogen functional groups attached to an aromatic ring is 1. The Hall–Kier alpha value is -2.24. The molecular formula is C11H13N5O. The quantitative estimate of drug-likeness (QED) is 0.783. The van der Waals surface area contributed by atoms with Crippen molar-refractivity contribution in [2.24, 2.45) is 0 Å². The summed E-state index contributed by atoms with van der Waals surface area (Å²) in [6, 6.07) is 3.35. The lowest BCUT2D eigenvalue weighted by Crippen LogP contribution is -2.13. The molecule has 2 aromatic rings. The van der Waals surface area contributed by atoms with E-state index in [9.17, 15) is 4.79 Å². The molecule has 0 fully saturated rings. The molecule has 0 aliphatic rings. The molecule has 2 N–H and O–H groups in total. The predicted molar refractivity (Wildman–Crippen MR) is 62.4 cm³/mol. The van der Waals surface area contributed by atoms with Crippen LogP contribution in [0, 0.1) is 0 Å². The molecule has 17 heavy (non-hydrogen) atoms. The van der Waals surface area contributed by atoms with E-state index in [0.717, 1.165) is 0 Å². The van der Waals surface area contributed by atoms with Gasteiger partial charge in [0.25, 0.3) is 0 Å². The lowest BCUT2D eigenvalue weighted by molar-refractivity contribution is 0.0985. The fraction of sp³-hybridized carbons (Fsp3) is 0.273.